The number of hydrogen-bond acceptors (Lipinski definition) is 4. The first-order chi connectivity index (χ1) is 13.2. The fourth-order valence-corrected chi connectivity index (χ4v) is 4.78. The van der Waals surface area contributed by atoms with E-state index in [1.165, 1.54) is 17.4 Å². The summed E-state index contributed by atoms with van der Waals surface area (Å²) < 4.78 is 52.6. The van der Waals surface area contributed by atoms with Crippen molar-refractivity contribution in [1.29, 1.82) is 0 Å². The maximum atomic E-state index is 13.6. The van der Waals surface area contributed by atoms with Gasteiger partial charge in [0.2, 0.25) is 21.8 Å². The van der Waals surface area contributed by atoms with Crippen LogP contribution in [0, 0.1) is 17.6 Å². The second kappa shape index (κ2) is 9.42. The van der Waals surface area contributed by atoms with Crippen molar-refractivity contribution >= 4 is 21.8 Å². The van der Waals surface area contributed by atoms with Crippen molar-refractivity contribution in [2.45, 2.75) is 32.2 Å². The van der Waals surface area contributed by atoms with E-state index in [9.17, 15) is 26.8 Å². The number of halogens is 2. The van der Waals surface area contributed by atoms with Crippen LogP contribution in [0.3, 0.4) is 0 Å². The van der Waals surface area contributed by atoms with E-state index in [2.05, 4.69) is 10.6 Å². The predicted molar refractivity (Wildman–Crippen MR) is 99.7 cm³/mol. The molecule has 0 aliphatic carbocycles. The zero-order valence-electron chi connectivity index (χ0n) is 15.9. The average Bonchev–Trinajstić information content (AvgIpc) is 2.67. The van der Waals surface area contributed by atoms with Gasteiger partial charge in [-0.3, -0.25) is 9.59 Å². The van der Waals surface area contributed by atoms with E-state index in [0.717, 1.165) is 12.1 Å². The molecule has 0 aromatic heterocycles. The number of nitrogens with zero attached hydrogens (tertiary/aromatic N) is 1. The fourth-order valence-electron chi connectivity index (χ4n) is 3.19. The molecule has 10 heteroatoms. The molecule has 156 valence electrons. The summed E-state index contributed by atoms with van der Waals surface area (Å²) >= 11 is 0. The van der Waals surface area contributed by atoms with Gasteiger partial charge in [-0.2, -0.15) is 0 Å². The van der Waals surface area contributed by atoms with Gasteiger partial charge < -0.3 is 10.6 Å². The molecule has 0 bridgehead atoms. The van der Waals surface area contributed by atoms with E-state index in [1.807, 2.05) is 0 Å². The molecular formula is C18H25F2N3O4S. The van der Waals surface area contributed by atoms with Crippen LogP contribution in [0.4, 0.5) is 8.78 Å². The Balaban J connectivity index is 2.16. The molecule has 2 amide bonds. The first-order valence-corrected chi connectivity index (χ1v) is 10.7. The molecule has 1 aliphatic rings. The SMILES string of the molecule is CCCS(=O)(=O)N1CCCC(C(=O)NC(C(=O)NC)c2ccc(F)c(F)c2)C1. The lowest BCUT2D eigenvalue weighted by atomic mass is 9.97. The summed E-state index contributed by atoms with van der Waals surface area (Å²) in [6, 6.07) is 1.74. The molecule has 1 heterocycles. The lowest BCUT2D eigenvalue weighted by Gasteiger charge is -2.32. The topological polar surface area (TPSA) is 95.6 Å². The number of benzene rings is 1. The van der Waals surface area contributed by atoms with Crippen LogP contribution in [-0.4, -0.2) is 50.4 Å². The number of carbonyl (C=O) groups excluding carboxylic acids is 2. The van der Waals surface area contributed by atoms with E-state index in [4.69, 9.17) is 0 Å². The number of amides is 2. The Morgan fingerprint density at radius 3 is 2.61 bits per heavy atom. The highest BCUT2D eigenvalue weighted by molar-refractivity contribution is 7.89. The van der Waals surface area contributed by atoms with Gasteiger partial charge in [-0.15, -0.1) is 0 Å². The first kappa shape index (κ1) is 22.2. The second-order valence-corrected chi connectivity index (χ2v) is 8.83. The van der Waals surface area contributed by atoms with Crippen LogP contribution >= 0.6 is 0 Å². The molecule has 0 radical (unpaired) electrons. The Morgan fingerprint density at radius 1 is 1.29 bits per heavy atom. The molecule has 0 spiro atoms. The summed E-state index contributed by atoms with van der Waals surface area (Å²) in [5.41, 5.74) is 0.0953. The van der Waals surface area contributed by atoms with Crippen LogP contribution in [-0.2, 0) is 19.6 Å². The van der Waals surface area contributed by atoms with Gasteiger partial charge in [0.05, 0.1) is 11.7 Å². The van der Waals surface area contributed by atoms with Gasteiger partial charge in [0.15, 0.2) is 11.6 Å². The summed E-state index contributed by atoms with van der Waals surface area (Å²) in [5, 5.41) is 4.92. The fraction of sp³-hybridized carbons (Fsp3) is 0.556. The van der Waals surface area contributed by atoms with E-state index in [1.54, 1.807) is 6.92 Å². The predicted octanol–water partition coefficient (Wildman–Crippen LogP) is 1.32. The number of piperidine rings is 1. The summed E-state index contributed by atoms with van der Waals surface area (Å²) in [6.45, 7) is 2.15. The van der Waals surface area contributed by atoms with E-state index >= 15 is 0 Å². The van der Waals surface area contributed by atoms with Gasteiger partial charge in [-0.25, -0.2) is 21.5 Å². The molecule has 1 aromatic rings. The smallest absolute Gasteiger partial charge is 0.246 e. The van der Waals surface area contributed by atoms with Crippen LogP contribution in [0.5, 0.6) is 0 Å². The molecule has 2 unspecified atom stereocenters. The molecular weight excluding hydrogens is 392 g/mol. The molecule has 7 nitrogen and oxygen atoms in total. The Morgan fingerprint density at radius 2 is 2.00 bits per heavy atom. The molecule has 2 atom stereocenters. The van der Waals surface area contributed by atoms with Gasteiger partial charge in [0.1, 0.15) is 6.04 Å². The molecule has 1 aromatic carbocycles. The Kier molecular flexibility index (Phi) is 7.48. The van der Waals surface area contributed by atoms with Crippen molar-refractivity contribution in [3.8, 4) is 0 Å². The van der Waals surface area contributed by atoms with Crippen molar-refractivity contribution in [1.82, 2.24) is 14.9 Å². The molecule has 1 saturated heterocycles. The third kappa shape index (κ3) is 5.26. The molecule has 1 aliphatic heterocycles. The highest BCUT2D eigenvalue weighted by Gasteiger charge is 2.33. The maximum Gasteiger partial charge on any atom is 0.246 e. The largest absolute Gasteiger partial charge is 0.357 e. The molecule has 1 fully saturated rings. The Bertz CT molecular complexity index is 832. The number of likely N-dealkylation sites (N-methyl/N-ethyl adjacent to an activating group) is 1. The quantitative estimate of drug-likeness (QED) is 0.700. The monoisotopic (exact) mass is 417 g/mol. The van der Waals surface area contributed by atoms with Crippen molar-refractivity contribution in [2.24, 2.45) is 5.92 Å². The minimum atomic E-state index is -3.43. The van der Waals surface area contributed by atoms with Crippen molar-refractivity contribution in [3.05, 3.63) is 35.4 Å². The van der Waals surface area contributed by atoms with Crippen LogP contribution in [0.1, 0.15) is 37.8 Å². The number of sulfonamides is 1. The highest BCUT2D eigenvalue weighted by Crippen LogP contribution is 2.22. The minimum absolute atomic E-state index is 0.0110. The van der Waals surface area contributed by atoms with Gasteiger partial charge in [0, 0.05) is 20.1 Å². The lowest BCUT2D eigenvalue weighted by Crippen LogP contribution is -2.48. The maximum absolute atomic E-state index is 13.6. The van der Waals surface area contributed by atoms with Gasteiger partial charge >= 0.3 is 0 Å². The summed E-state index contributed by atoms with van der Waals surface area (Å²) in [7, 11) is -2.07. The summed E-state index contributed by atoms with van der Waals surface area (Å²) in [5.74, 6) is -3.90. The third-order valence-corrected chi connectivity index (χ3v) is 6.73. The first-order valence-electron chi connectivity index (χ1n) is 9.14. The van der Waals surface area contributed by atoms with Crippen LogP contribution in [0.15, 0.2) is 18.2 Å². The molecule has 2 rings (SSSR count). The minimum Gasteiger partial charge on any atom is -0.357 e. The van der Waals surface area contributed by atoms with Crippen LogP contribution in [0.2, 0.25) is 0 Å². The average molecular weight is 417 g/mol. The number of nitrogens with one attached hydrogen (secondary N) is 2. The molecule has 28 heavy (non-hydrogen) atoms. The Hall–Kier alpha value is -2.07. The number of hydrogen-bond donors (Lipinski definition) is 2. The summed E-state index contributed by atoms with van der Waals surface area (Å²) in [6.07, 6.45) is 1.48. The number of rotatable bonds is 7. The van der Waals surface area contributed by atoms with Crippen molar-refractivity contribution in [3.63, 3.8) is 0 Å². The highest BCUT2D eigenvalue weighted by atomic mass is 32.2. The third-order valence-electron chi connectivity index (χ3n) is 4.68. The van der Waals surface area contributed by atoms with Gasteiger partial charge in [-0.05, 0) is 37.0 Å². The van der Waals surface area contributed by atoms with Crippen LogP contribution in [0.25, 0.3) is 0 Å². The zero-order valence-corrected chi connectivity index (χ0v) is 16.7. The second-order valence-electron chi connectivity index (χ2n) is 6.74. The van der Waals surface area contributed by atoms with Crippen molar-refractivity contribution < 1.29 is 26.8 Å². The van der Waals surface area contributed by atoms with E-state index in [-0.39, 0.29) is 17.9 Å². The van der Waals surface area contributed by atoms with Gasteiger partial charge in [0.25, 0.3) is 0 Å². The molecule has 2 N–H and O–H groups in total. The molecule has 0 saturated carbocycles. The van der Waals surface area contributed by atoms with E-state index < -0.39 is 45.4 Å². The number of carbonyl (C=O) groups is 2. The summed E-state index contributed by atoms with van der Waals surface area (Å²) in [4.78, 5) is 24.9. The van der Waals surface area contributed by atoms with Crippen molar-refractivity contribution in [2.75, 3.05) is 25.9 Å². The normalized spacial score (nSPS) is 19.1. The zero-order chi connectivity index (χ0) is 20.9. The van der Waals surface area contributed by atoms with Gasteiger partial charge in [-0.1, -0.05) is 13.0 Å². The lowest BCUT2D eigenvalue weighted by molar-refractivity contribution is -0.131. The van der Waals surface area contributed by atoms with Crippen LogP contribution < -0.4 is 10.6 Å². The standard InChI is InChI=1S/C18H25F2N3O4S/c1-3-9-28(26,27)23-8-4-5-13(11-23)17(24)22-16(18(25)21-2)12-6-7-14(19)15(20)10-12/h6-7,10,13,16H,3-5,8-9,11H2,1-2H3,(H,21,25)(H,22,24). The Labute approximate surface area is 163 Å². The van der Waals surface area contributed by atoms with E-state index in [0.29, 0.717) is 25.8 Å².